The molecule has 3 heteroatoms. The van der Waals surface area contributed by atoms with Crippen molar-refractivity contribution in [1.29, 1.82) is 0 Å². The van der Waals surface area contributed by atoms with Crippen LogP contribution >= 0.6 is 0 Å². The molecule has 0 radical (unpaired) electrons. The predicted octanol–water partition coefficient (Wildman–Crippen LogP) is 3.75. The van der Waals surface area contributed by atoms with E-state index in [1.165, 1.54) is 0 Å². The van der Waals surface area contributed by atoms with Gasteiger partial charge in [-0.05, 0) is 30.9 Å². The van der Waals surface area contributed by atoms with Crippen LogP contribution < -0.4 is 10.6 Å². The summed E-state index contributed by atoms with van der Waals surface area (Å²) in [5.74, 6) is 1.88. The molecule has 17 heavy (non-hydrogen) atoms. The van der Waals surface area contributed by atoms with Crippen LogP contribution in [0, 0.1) is 5.41 Å². The monoisotopic (exact) mass is 235 g/mol. The van der Waals surface area contributed by atoms with Gasteiger partial charge in [-0.1, -0.05) is 33.8 Å². The van der Waals surface area contributed by atoms with Crippen molar-refractivity contribution in [3.63, 3.8) is 0 Å². The number of nitrogens with one attached hydrogen (secondary N) is 2. The van der Waals surface area contributed by atoms with Gasteiger partial charge in [0.15, 0.2) is 0 Å². The van der Waals surface area contributed by atoms with E-state index in [1.54, 1.807) is 0 Å². The topological polar surface area (TPSA) is 37.0 Å². The Hall–Kier alpha value is -1.25. The lowest BCUT2D eigenvalue weighted by molar-refractivity contribution is 0.359. The second-order valence-electron chi connectivity index (χ2n) is 5.57. The van der Waals surface area contributed by atoms with Gasteiger partial charge in [-0.2, -0.15) is 0 Å². The van der Waals surface area contributed by atoms with Gasteiger partial charge < -0.3 is 10.6 Å². The molecule has 0 aliphatic heterocycles. The highest BCUT2D eigenvalue weighted by molar-refractivity contribution is 5.45. The lowest BCUT2D eigenvalue weighted by Crippen LogP contribution is -2.31. The van der Waals surface area contributed by atoms with Gasteiger partial charge in [0.1, 0.15) is 11.6 Å². The fourth-order valence-corrected chi connectivity index (χ4v) is 1.30. The van der Waals surface area contributed by atoms with E-state index in [-0.39, 0.29) is 5.41 Å². The van der Waals surface area contributed by atoms with Crippen molar-refractivity contribution in [2.24, 2.45) is 5.41 Å². The number of pyridine rings is 1. The number of aromatic nitrogens is 1. The molecule has 3 nitrogen and oxygen atoms in total. The molecule has 0 bridgehead atoms. The molecule has 2 N–H and O–H groups in total. The second kappa shape index (κ2) is 5.89. The van der Waals surface area contributed by atoms with Crippen LogP contribution in [0.25, 0.3) is 0 Å². The van der Waals surface area contributed by atoms with Crippen LogP contribution in [-0.4, -0.2) is 17.6 Å². The molecule has 0 aliphatic rings. The molecule has 0 saturated carbocycles. The van der Waals surface area contributed by atoms with Crippen molar-refractivity contribution >= 4 is 11.6 Å². The van der Waals surface area contributed by atoms with E-state index in [2.05, 4.69) is 50.2 Å². The Morgan fingerprint density at radius 1 is 1.24 bits per heavy atom. The molecule has 1 atom stereocenters. The summed E-state index contributed by atoms with van der Waals surface area (Å²) in [7, 11) is 0. The van der Waals surface area contributed by atoms with Gasteiger partial charge in [0, 0.05) is 12.6 Å². The lowest BCUT2D eigenvalue weighted by Gasteiger charge is -2.28. The summed E-state index contributed by atoms with van der Waals surface area (Å²) in [4.78, 5) is 4.54. The van der Waals surface area contributed by atoms with Crippen LogP contribution in [0.15, 0.2) is 18.2 Å². The lowest BCUT2D eigenvalue weighted by atomic mass is 9.88. The maximum Gasteiger partial charge on any atom is 0.128 e. The summed E-state index contributed by atoms with van der Waals surface area (Å²) in [5.41, 5.74) is 0.231. The smallest absolute Gasteiger partial charge is 0.128 e. The molecule has 0 fully saturated rings. The predicted molar refractivity (Wildman–Crippen MR) is 75.6 cm³/mol. The zero-order valence-electron chi connectivity index (χ0n) is 11.7. The molecule has 1 aromatic heterocycles. The number of nitrogens with zero attached hydrogens (tertiary/aromatic N) is 1. The first kappa shape index (κ1) is 13.8. The third kappa shape index (κ3) is 4.63. The van der Waals surface area contributed by atoms with Crippen LogP contribution in [0.5, 0.6) is 0 Å². The summed E-state index contributed by atoms with van der Waals surface area (Å²) in [6.07, 6.45) is 1.11. The van der Waals surface area contributed by atoms with Gasteiger partial charge >= 0.3 is 0 Å². The number of hydrogen-bond donors (Lipinski definition) is 2. The normalized spacial score (nSPS) is 13.2. The minimum absolute atomic E-state index is 0.231. The quantitative estimate of drug-likeness (QED) is 0.816. The average Bonchev–Trinajstić information content (AvgIpc) is 2.25. The molecule has 1 unspecified atom stereocenters. The Labute approximate surface area is 105 Å². The van der Waals surface area contributed by atoms with E-state index in [9.17, 15) is 0 Å². The van der Waals surface area contributed by atoms with E-state index in [0.717, 1.165) is 24.6 Å². The molecule has 1 aromatic rings. The van der Waals surface area contributed by atoms with Crippen molar-refractivity contribution in [2.75, 3.05) is 17.2 Å². The molecule has 1 rings (SSSR count). The van der Waals surface area contributed by atoms with Gasteiger partial charge in [0.05, 0.1) is 0 Å². The number of rotatable bonds is 5. The van der Waals surface area contributed by atoms with Crippen molar-refractivity contribution in [1.82, 2.24) is 4.98 Å². The largest absolute Gasteiger partial charge is 0.370 e. The molecular weight excluding hydrogens is 210 g/mol. The molecular formula is C14H25N3. The highest BCUT2D eigenvalue weighted by atomic mass is 15.1. The first-order chi connectivity index (χ1) is 7.93. The molecule has 0 saturated heterocycles. The third-order valence-corrected chi connectivity index (χ3v) is 2.97. The summed E-state index contributed by atoms with van der Waals surface area (Å²) in [6, 6.07) is 6.43. The van der Waals surface area contributed by atoms with E-state index >= 15 is 0 Å². The van der Waals surface area contributed by atoms with Gasteiger partial charge in [0.2, 0.25) is 0 Å². The molecule has 0 aromatic carbocycles. The Bertz CT molecular complexity index is 342. The first-order valence-electron chi connectivity index (χ1n) is 6.41. The van der Waals surface area contributed by atoms with Gasteiger partial charge in [-0.3, -0.25) is 0 Å². The first-order valence-corrected chi connectivity index (χ1v) is 6.41. The number of anilines is 2. The molecule has 0 spiro atoms. The van der Waals surface area contributed by atoms with E-state index < -0.39 is 0 Å². The SMILES string of the molecule is CCCNc1cccc(NC(C)C(C)(C)C)n1. The van der Waals surface area contributed by atoms with E-state index in [1.807, 2.05) is 18.2 Å². The minimum atomic E-state index is 0.231. The van der Waals surface area contributed by atoms with Crippen molar-refractivity contribution in [3.8, 4) is 0 Å². The van der Waals surface area contributed by atoms with Crippen LogP contribution in [0.4, 0.5) is 11.6 Å². The fourth-order valence-electron chi connectivity index (χ4n) is 1.30. The van der Waals surface area contributed by atoms with E-state index in [0.29, 0.717) is 6.04 Å². The zero-order chi connectivity index (χ0) is 12.9. The van der Waals surface area contributed by atoms with Crippen molar-refractivity contribution in [3.05, 3.63) is 18.2 Å². The highest BCUT2D eigenvalue weighted by Gasteiger charge is 2.19. The van der Waals surface area contributed by atoms with Crippen LogP contribution in [0.2, 0.25) is 0 Å². The number of hydrogen-bond acceptors (Lipinski definition) is 3. The van der Waals surface area contributed by atoms with Gasteiger partial charge in [0.25, 0.3) is 0 Å². The van der Waals surface area contributed by atoms with Crippen LogP contribution in [0.1, 0.15) is 41.0 Å². The molecule has 1 heterocycles. The summed E-state index contributed by atoms with van der Waals surface area (Å²) in [5, 5.41) is 6.74. The molecule has 96 valence electrons. The molecule has 0 aliphatic carbocycles. The maximum atomic E-state index is 4.54. The third-order valence-electron chi connectivity index (χ3n) is 2.97. The van der Waals surface area contributed by atoms with Crippen LogP contribution in [-0.2, 0) is 0 Å². The minimum Gasteiger partial charge on any atom is -0.370 e. The standard InChI is InChI=1S/C14H25N3/c1-6-10-15-12-8-7-9-13(17-12)16-11(2)14(3,4)5/h7-9,11H,6,10H2,1-5H3,(H2,15,16,17). The van der Waals surface area contributed by atoms with E-state index in [4.69, 9.17) is 0 Å². The maximum absolute atomic E-state index is 4.54. The summed E-state index contributed by atoms with van der Waals surface area (Å²) in [6.45, 7) is 12.0. The van der Waals surface area contributed by atoms with Crippen LogP contribution in [0.3, 0.4) is 0 Å². The van der Waals surface area contributed by atoms with Crippen molar-refractivity contribution < 1.29 is 0 Å². The molecule has 0 amide bonds. The highest BCUT2D eigenvalue weighted by Crippen LogP contribution is 2.22. The Balaban J connectivity index is 2.65. The fraction of sp³-hybridized carbons (Fsp3) is 0.643. The Morgan fingerprint density at radius 2 is 1.88 bits per heavy atom. The average molecular weight is 235 g/mol. The zero-order valence-corrected chi connectivity index (χ0v) is 11.7. The van der Waals surface area contributed by atoms with Gasteiger partial charge in [-0.25, -0.2) is 4.98 Å². The summed E-state index contributed by atoms with van der Waals surface area (Å²) >= 11 is 0. The second-order valence-corrected chi connectivity index (χ2v) is 5.57. The summed E-state index contributed by atoms with van der Waals surface area (Å²) < 4.78 is 0. The van der Waals surface area contributed by atoms with Gasteiger partial charge in [-0.15, -0.1) is 0 Å². The Morgan fingerprint density at radius 3 is 2.47 bits per heavy atom. The Kier molecular flexibility index (Phi) is 4.79. The van der Waals surface area contributed by atoms with Crippen molar-refractivity contribution in [2.45, 2.75) is 47.1 Å².